The molecule has 0 aliphatic carbocycles. The second-order valence-corrected chi connectivity index (χ2v) is 6.40. The van der Waals surface area contributed by atoms with Gasteiger partial charge in [-0.25, -0.2) is 0 Å². The third-order valence-electron chi connectivity index (χ3n) is 4.63. The summed E-state index contributed by atoms with van der Waals surface area (Å²) in [5.74, 6) is 0.595. The molecule has 3 heterocycles. The second kappa shape index (κ2) is 7.20. The van der Waals surface area contributed by atoms with E-state index in [0.717, 1.165) is 38.3 Å². The minimum Gasteiger partial charge on any atom is -0.490 e. The van der Waals surface area contributed by atoms with Crippen LogP contribution in [0.25, 0.3) is 0 Å². The summed E-state index contributed by atoms with van der Waals surface area (Å²) in [6, 6.07) is 8.35. The van der Waals surface area contributed by atoms with Crippen molar-refractivity contribution >= 4 is 11.5 Å². The standard InChI is InChI=1S/C17H21N5O4/c23-22(24)16-11-21-8-5-15(26-17(21)19-16)12-25-14-3-1-13(2-4-14)20-9-6-18-7-10-20/h1-4,11,15,18H,5-10,12H2. The first-order valence-electron chi connectivity index (χ1n) is 8.76. The lowest BCUT2D eigenvalue weighted by atomic mass is 10.2. The molecule has 2 aliphatic heterocycles. The lowest BCUT2D eigenvalue weighted by Gasteiger charge is -2.29. The lowest BCUT2D eigenvalue weighted by molar-refractivity contribution is -0.389. The van der Waals surface area contributed by atoms with Crippen molar-refractivity contribution in [3.63, 3.8) is 0 Å². The van der Waals surface area contributed by atoms with Crippen molar-refractivity contribution in [3.05, 3.63) is 40.6 Å². The largest absolute Gasteiger partial charge is 0.490 e. The first-order valence-corrected chi connectivity index (χ1v) is 8.76. The fourth-order valence-corrected chi connectivity index (χ4v) is 3.20. The number of nitro groups is 1. The number of anilines is 1. The summed E-state index contributed by atoms with van der Waals surface area (Å²) in [6.45, 7) is 5.04. The van der Waals surface area contributed by atoms with Crippen LogP contribution in [-0.4, -0.2) is 53.4 Å². The molecule has 138 valence electrons. The Morgan fingerprint density at radius 3 is 2.77 bits per heavy atom. The molecule has 0 bridgehead atoms. The van der Waals surface area contributed by atoms with Gasteiger partial charge in [0.25, 0.3) is 0 Å². The van der Waals surface area contributed by atoms with Crippen molar-refractivity contribution in [3.8, 4) is 11.8 Å². The molecule has 1 fully saturated rings. The fourth-order valence-electron chi connectivity index (χ4n) is 3.20. The number of rotatable bonds is 5. The number of nitrogens with one attached hydrogen (secondary N) is 1. The number of imidazole rings is 1. The molecule has 1 N–H and O–H groups in total. The Morgan fingerprint density at radius 1 is 1.27 bits per heavy atom. The number of benzene rings is 1. The van der Waals surface area contributed by atoms with E-state index < -0.39 is 4.92 Å². The van der Waals surface area contributed by atoms with Gasteiger partial charge in [-0.3, -0.25) is 4.57 Å². The van der Waals surface area contributed by atoms with Gasteiger partial charge >= 0.3 is 11.8 Å². The van der Waals surface area contributed by atoms with E-state index in [2.05, 4.69) is 27.3 Å². The Morgan fingerprint density at radius 2 is 2.04 bits per heavy atom. The summed E-state index contributed by atoms with van der Waals surface area (Å²) in [5.41, 5.74) is 1.20. The van der Waals surface area contributed by atoms with Crippen molar-refractivity contribution in [2.75, 3.05) is 37.7 Å². The van der Waals surface area contributed by atoms with E-state index in [1.54, 1.807) is 4.57 Å². The predicted molar refractivity (Wildman–Crippen MR) is 94.9 cm³/mol. The van der Waals surface area contributed by atoms with Crippen LogP contribution in [0.3, 0.4) is 0 Å². The molecule has 4 rings (SSSR count). The third kappa shape index (κ3) is 3.57. The summed E-state index contributed by atoms with van der Waals surface area (Å²) in [4.78, 5) is 16.5. The highest BCUT2D eigenvalue weighted by Gasteiger charge is 2.28. The minimum absolute atomic E-state index is 0.169. The van der Waals surface area contributed by atoms with E-state index in [0.29, 0.717) is 13.2 Å². The molecule has 9 heteroatoms. The van der Waals surface area contributed by atoms with Crippen LogP contribution in [0.1, 0.15) is 6.42 Å². The van der Waals surface area contributed by atoms with Crippen molar-refractivity contribution in [2.45, 2.75) is 19.1 Å². The summed E-state index contributed by atoms with van der Waals surface area (Å²) in [7, 11) is 0. The zero-order valence-corrected chi connectivity index (χ0v) is 14.3. The first-order chi connectivity index (χ1) is 12.7. The van der Waals surface area contributed by atoms with Gasteiger partial charge in [-0.05, 0) is 29.2 Å². The normalized spacial score (nSPS) is 19.5. The third-order valence-corrected chi connectivity index (χ3v) is 4.63. The number of piperazine rings is 1. The predicted octanol–water partition coefficient (Wildman–Crippen LogP) is 1.43. The fraction of sp³-hybridized carbons (Fsp3) is 0.471. The van der Waals surface area contributed by atoms with Gasteiger partial charge in [0.05, 0.1) is 0 Å². The first kappa shape index (κ1) is 16.6. The highest BCUT2D eigenvalue weighted by molar-refractivity contribution is 5.49. The molecule has 9 nitrogen and oxygen atoms in total. The van der Waals surface area contributed by atoms with Crippen molar-refractivity contribution < 1.29 is 14.4 Å². The monoisotopic (exact) mass is 359 g/mol. The zero-order valence-electron chi connectivity index (χ0n) is 14.3. The molecule has 1 aromatic carbocycles. The molecule has 0 radical (unpaired) electrons. The molecule has 1 atom stereocenters. The number of aryl methyl sites for hydroxylation is 1. The van der Waals surface area contributed by atoms with Gasteiger partial charge < -0.3 is 29.8 Å². The van der Waals surface area contributed by atoms with Crippen molar-refractivity contribution in [2.24, 2.45) is 0 Å². The van der Waals surface area contributed by atoms with Crippen molar-refractivity contribution in [1.29, 1.82) is 0 Å². The number of fused-ring (bicyclic) bond motifs is 1. The van der Waals surface area contributed by atoms with Crippen LogP contribution in [0.5, 0.6) is 11.8 Å². The molecule has 1 aromatic heterocycles. The van der Waals surface area contributed by atoms with Crippen LogP contribution in [-0.2, 0) is 6.54 Å². The van der Waals surface area contributed by atoms with E-state index in [-0.39, 0.29) is 17.9 Å². The van der Waals surface area contributed by atoms with Gasteiger partial charge in [0.15, 0.2) is 0 Å². The Kier molecular flexibility index (Phi) is 4.61. The second-order valence-electron chi connectivity index (χ2n) is 6.40. The Labute approximate surface area is 150 Å². The van der Waals surface area contributed by atoms with Gasteiger partial charge in [0.1, 0.15) is 24.7 Å². The molecular weight excluding hydrogens is 338 g/mol. The van der Waals surface area contributed by atoms with Crippen molar-refractivity contribution in [1.82, 2.24) is 14.9 Å². The number of hydrogen-bond acceptors (Lipinski definition) is 7. The molecule has 1 unspecified atom stereocenters. The van der Waals surface area contributed by atoms with E-state index in [9.17, 15) is 10.1 Å². The molecule has 0 saturated carbocycles. The maximum absolute atomic E-state index is 10.8. The van der Waals surface area contributed by atoms with Crippen LogP contribution in [0.15, 0.2) is 30.5 Å². The smallest absolute Gasteiger partial charge is 0.414 e. The van der Waals surface area contributed by atoms with Crippen LogP contribution < -0.4 is 19.7 Å². The highest BCUT2D eigenvalue weighted by Crippen LogP contribution is 2.25. The van der Waals surface area contributed by atoms with E-state index in [1.165, 1.54) is 11.9 Å². The van der Waals surface area contributed by atoms with E-state index in [4.69, 9.17) is 9.47 Å². The highest BCUT2D eigenvalue weighted by atomic mass is 16.6. The molecule has 26 heavy (non-hydrogen) atoms. The number of ether oxygens (including phenoxy) is 2. The molecule has 0 amide bonds. The Bertz CT molecular complexity index is 770. The summed E-state index contributed by atoms with van der Waals surface area (Å²) in [6.07, 6.45) is 1.96. The van der Waals surface area contributed by atoms with E-state index >= 15 is 0 Å². The summed E-state index contributed by atoms with van der Waals surface area (Å²) < 4.78 is 13.2. The lowest BCUT2D eigenvalue weighted by Crippen LogP contribution is -2.43. The van der Waals surface area contributed by atoms with Gasteiger partial charge in [-0.15, -0.1) is 0 Å². The average molecular weight is 359 g/mol. The number of hydrogen-bond donors (Lipinski definition) is 1. The topological polar surface area (TPSA) is 94.7 Å². The van der Waals surface area contributed by atoms with Crippen LogP contribution in [0.4, 0.5) is 11.5 Å². The van der Waals surface area contributed by atoms with E-state index in [1.807, 2.05) is 12.1 Å². The van der Waals surface area contributed by atoms with Gasteiger partial charge in [-0.1, -0.05) is 0 Å². The van der Waals surface area contributed by atoms with Gasteiger partial charge in [-0.2, -0.15) is 0 Å². The Balaban J connectivity index is 1.32. The maximum Gasteiger partial charge on any atom is 0.414 e. The number of aromatic nitrogens is 2. The number of nitrogens with zero attached hydrogens (tertiary/aromatic N) is 4. The van der Waals surface area contributed by atoms with Gasteiger partial charge in [0.2, 0.25) is 0 Å². The van der Waals surface area contributed by atoms with Crippen LogP contribution >= 0.6 is 0 Å². The summed E-state index contributed by atoms with van der Waals surface area (Å²) >= 11 is 0. The Hall–Kier alpha value is -2.81. The summed E-state index contributed by atoms with van der Waals surface area (Å²) in [5, 5.41) is 14.1. The van der Waals surface area contributed by atoms with Crippen LogP contribution in [0, 0.1) is 10.1 Å². The molecule has 1 saturated heterocycles. The molecular formula is C17H21N5O4. The molecule has 0 spiro atoms. The SMILES string of the molecule is O=[N+]([O-])c1cn2c(n1)OC(COc1ccc(N3CCNCC3)cc1)CC2. The van der Waals surface area contributed by atoms with Gasteiger partial charge in [0, 0.05) is 49.8 Å². The minimum atomic E-state index is -0.514. The zero-order chi connectivity index (χ0) is 17.9. The molecule has 2 aromatic rings. The quantitative estimate of drug-likeness (QED) is 0.637. The average Bonchev–Trinajstić information content (AvgIpc) is 3.11. The molecule has 2 aliphatic rings. The maximum atomic E-state index is 10.8. The van der Waals surface area contributed by atoms with Crippen LogP contribution in [0.2, 0.25) is 0 Å².